The zero-order chi connectivity index (χ0) is 14.1. The molecule has 0 unspecified atom stereocenters. The normalized spacial score (nSPS) is 11.8. The first-order valence-corrected chi connectivity index (χ1v) is 4.87. The van der Waals surface area contributed by atoms with Crippen molar-refractivity contribution < 1.29 is 31.5 Å². The maximum Gasteiger partial charge on any atom is 0.420 e. The van der Waals surface area contributed by atoms with Gasteiger partial charge >= 0.3 is 12.8 Å². The summed E-state index contributed by atoms with van der Waals surface area (Å²) in [5, 5.41) is -0.646. The summed E-state index contributed by atoms with van der Waals surface area (Å²) in [5.41, 5.74) is -2.37. The first-order chi connectivity index (χ1) is 8.14. The second-order valence-corrected chi connectivity index (χ2v) is 3.64. The van der Waals surface area contributed by atoms with Crippen molar-refractivity contribution in [2.75, 3.05) is 0 Å². The molecule has 18 heavy (non-hydrogen) atoms. The highest BCUT2D eigenvalue weighted by Gasteiger charge is 2.40. The van der Waals surface area contributed by atoms with Crippen LogP contribution in [0.2, 0.25) is 5.02 Å². The fourth-order valence-corrected chi connectivity index (χ4v) is 1.54. The number of hydrogen-bond donors (Lipinski definition) is 0. The molecule has 0 atom stereocenters. The third kappa shape index (κ3) is 3.10. The van der Waals surface area contributed by atoms with E-state index >= 15 is 0 Å². The highest BCUT2D eigenvalue weighted by Crippen LogP contribution is 2.43. The monoisotopic (exact) mass is 288 g/mol. The van der Waals surface area contributed by atoms with E-state index in [0.29, 0.717) is 0 Å². The number of ether oxygens (including phenoxy) is 1. The van der Waals surface area contributed by atoms with Crippen molar-refractivity contribution in [3.05, 3.63) is 28.3 Å². The van der Waals surface area contributed by atoms with Gasteiger partial charge in [-0.2, -0.15) is 22.0 Å². The molecule has 0 aliphatic heterocycles. The van der Waals surface area contributed by atoms with Crippen LogP contribution in [0.3, 0.4) is 0 Å². The van der Waals surface area contributed by atoms with Crippen molar-refractivity contribution in [1.82, 2.24) is 0 Å². The molecule has 0 bridgehead atoms. The van der Waals surface area contributed by atoms with E-state index in [1.807, 2.05) is 0 Å². The van der Waals surface area contributed by atoms with Crippen molar-refractivity contribution in [3.8, 4) is 5.75 Å². The number of hydrogen-bond acceptors (Lipinski definition) is 2. The molecular formula is C10H6ClF5O2. The van der Waals surface area contributed by atoms with Crippen molar-refractivity contribution in [1.29, 1.82) is 0 Å². The van der Waals surface area contributed by atoms with Crippen molar-refractivity contribution in [3.63, 3.8) is 0 Å². The fraction of sp³-hybridized carbons (Fsp3) is 0.300. The molecule has 0 spiro atoms. The average Bonchev–Trinajstić information content (AvgIpc) is 2.17. The first kappa shape index (κ1) is 14.7. The maximum atomic E-state index is 12.8. The average molecular weight is 289 g/mol. The quantitative estimate of drug-likeness (QED) is 0.616. The summed E-state index contributed by atoms with van der Waals surface area (Å²) in [5.74, 6) is -2.18. The zero-order valence-electron chi connectivity index (χ0n) is 8.82. The number of rotatable bonds is 3. The van der Waals surface area contributed by atoms with E-state index in [9.17, 15) is 26.7 Å². The van der Waals surface area contributed by atoms with E-state index in [4.69, 9.17) is 11.6 Å². The lowest BCUT2D eigenvalue weighted by molar-refractivity contribution is -0.142. The molecule has 1 aromatic rings. The molecule has 0 heterocycles. The number of carbonyl (C=O) groups is 1. The molecule has 0 amide bonds. The maximum absolute atomic E-state index is 12.8. The van der Waals surface area contributed by atoms with Gasteiger partial charge in [0.1, 0.15) is 5.56 Å². The van der Waals surface area contributed by atoms with Crippen LogP contribution >= 0.6 is 11.6 Å². The van der Waals surface area contributed by atoms with E-state index in [1.165, 1.54) is 0 Å². The van der Waals surface area contributed by atoms with Gasteiger partial charge in [0.05, 0.1) is 5.02 Å². The van der Waals surface area contributed by atoms with E-state index in [1.54, 1.807) is 0 Å². The molecule has 0 saturated carbocycles. The van der Waals surface area contributed by atoms with Gasteiger partial charge in [-0.25, -0.2) is 0 Å². The van der Waals surface area contributed by atoms with Gasteiger partial charge in [0.15, 0.2) is 11.5 Å². The molecular weight excluding hydrogens is 283 g/mol. The number of alkyl halides is 5. The van der Waals surface area contributed by atoms with Crippen molar-refractivity contribution in [2.45, 2.75) is 19.7 Å². The van der Waals surface area contributed by atoms with Crippen LogP contribution in [0.5, 0.6) is 5.75 Å². The smallest absolute Gasteiger partial charge is 0.420 e. The highest BCUT2D eigenvalue weighted by atomic mass is 35.5. The Morgan fingerprint density at radius 1 is 1.33 bits per heavy atom. The Labute approximate surface area is 103 Å². The highest BCUT2D eigenvalue weighted by molar-refractivity contribution is 6.32. The van der Waals surface area contributed by atoms with Crippen LogP contribution in [-0.4, -0.2) is 12.4 Å². The molecule has 100 valence electrons. The SMILES string of the molecule is CC(=O)c1ccc(Cl)c(OC(F)F)c1C(F)(F)F. The number of carbonyl (C=O) groups excluding carboxylic acids is 1. The Morgan fingerprint density at radius 3 is 2.28 bits per heavy atom. The van der Waals surface area contributed by atoms with Crippen LogP contribution in [0, 0.1) is 0 Å². The summed E-state index contributed by atoms with van der Waals surface area (Å²) < 4.78 is 66.2. The number of Topliss-reactive ketones (excluding diaryl/α,β-unsaturated/α-hetero) is 1. The minimum Gasteiger partial charge on any atom is -0.433 e. The molecule has 0 saturated heterocycles. The van der Waals surface area contributed by atoms with Crippen LogP contribution in [-0.2, 0) is 6.18 Å². The van der Waals surface area contributed by atoms with Crippen molar-refractivity contribution >= 4 is 17.4 Å². The van der Waals surface area contributed by atoms with Gasteiger partial charge < -0.3 is 4.74 Å². The summed E-state index contributed by atoms with van der Waals surface area (Å²) in [6.45, 7) is -2.60. The van der Waals surface area contributed by atoms with E-state index in [-0.39, 0.29) is 0 Å². The number of benzene rings is 1. The van der Waals surface area contributed by atoms with Crippen LogP contribution in [0.25, 0.3) is 0 Å². The third-order valence-electron chi connectivity index (χ3n) is 1.98. The number of halogens is 6. The molecule has 0 aromatic heterocycles. The van der Waals surface area contributed by atoms with E-state index in [2.05, 4.69) is 4.74 Å². The Balaban J connectivity index is 3.56. The van der Waals surface area contributed by atoms with Crippen LogP contribution < -0.4 is 4.74 Å². The van der Waals surface area contributed by atoms with Gasteiger partial charge in [0.25, 0.3) is 0 Å². The molecule has 2 nitrogen and oxygen atoms in total. The Hall–Kier alpha value is -1.37. The molecule has 8 heteroatoms. The fourth-order valence-electron chi connectivity index (χ4n) is 1.34. The lowest BCUT2D eigenvalue weighted by atomic mass is 10.0. The number of ketones is 1. The standard InChI is InChI=1S/C10H6ClF5O2/c1-4(17)5-2-3-6(11)8(18-9(12)13)7(5)10(14,15)16/h2-3,9H,1H3. The topological polar surface area (TPSA) is 26.3 Å². The molecule has 0 radical (unpaired) electrons. The Morgan fingerprint density at radius 2 is 1.89 bits per heavy atom. The van der Waals surface area contributed by atoms with Crippen LogP contribution in [0.4, 0.5) is 22.0 Å². The second-order valence-electron chi connectivity index (χ2n) is 3.23. The summed E-state index contributed by atoms with van der Waals surface area (Å²) >= 11 is 5.39. The molecule has 0 fully saturated rings. The van der Waals surface area contributed by atoms with Gasteiger partial charge in [-0.3, -0.25) is 4.79 Å². The lowest BCUT2D eigenvalue weighted by Crippen LogP contribution is -2.16. The first-order valence-electron chi connectivity index (χ1n) is 4.50. The van der Waals surface area contributed by atoms with E-state index in [0.717, 1.165) is 19.1 Å². The zero-order valence-corrected chi connectivity index (χ0v) is 9.57. The Bertz CT molecular complexity index is 470. The molecule has 0 N–H and O–H groups in total. The minimum atomic E-state index is -5.03. The van der Waals surface area contributed by atoms with E-state index < -0.39 is 40.5 Å². The second kappa shape index (κ2) is 5.09. The third-order valence-corrected chi connectivity index (χ3v) is 2.28. The van der Waals surface area contributed by atoms with Crippen LogP contribution in [0.1, 0.15) is 22.8 Å². The van der Waals surface area contributed by atoms with Gasteiger partial charge in [-0.1, -0.05) is 11.6 Å². The molecule has 0 aliphatic rings. The predicted molar refractivity (Wildman–Crippen MR) is 53.1 cm³/mol. The largest absolute Gasteiger partial charge is 0.433 e. The van der Waals surface area contributed by atoms with Gasteiger partial charge in [0.2, 0.25) is 0 Å². The minimum absolute atomic E-state index is 0.646. The van der Waals surface area contributed by atoms with Gasteiger partial charge in [-0.15, -0.1) is 0 Å². The molecule has 1 rings (SSSR count). The van der Waals surface area contributed by atoms with Crippen LogP contribution in [0.15, 0.2) is 12.1 Å². The Kier molecular flexibility index (Phi) is 4.16. The molecule has 0 aliphatic carbocycles. The summed E-state index contributed by atoms with van der Waals surface area (Å²) in [4.78, 5) is 11.1. The summed E-state index contributed by atoms with van der Waals surface area (Å²) in [6.07, 6.45) is -5.03. The van der Waals surface area contributed by atoms with Crippen molar-refractivity contribution in [2.24, 2.45) is 0 Å². The predicted octanol–water partition coefficient (Wildman–Crippen LogP) is 4.16. The van der Waals surface area contributed by atoms with Gasteiger partial charge in [0, 0.05) is 5.56 Å². The van der Waals surface area contributed by atoms with Gasteiger partial charge in [-0.05, 0) is 19.1 Å². The molecule has 1 aromatic carbocycles. The summed E-state index contributed by atoms with van der Waals surface area (Å²) in [6, 6.07) is 1.71. The lowest BCUT2D eigenvalue weighted by Gasteiger charge is -2.17. The summed E-state index contributed by atoms with van der Waals surface area (Å²) in [7, 11) is 0.